The molecule has 140 valence electrons. The highest BCUT2D eigenvalue weighted by molar-refractivity contribution is 7.92. The van der Waals surface area contributed by atoms with Crippen molar-refractivity contribution in [2.75, 3.05) is 22.0 Å². The van der Waals surface area contributed by atoms with Crippen molar-refractivity contribution in [3.8, 4) is 0 Å². The molecule has 0 heterocycles. The number of anilines is 2. The van der Waals surface area contributed by atoms with Gasteiger partial charge in [-0.3, -0.25) is 9.52 Å². The molecule has 1 amide bonds. The summed E-state index contributed by atoms with van der Waals surface area (Å²) in [7, 11) is -6.93. The smallest absolute Gasteiger partial charge is 0.256 e. The van der Waals surface area contributed by atoms with E-state index in [1.54, 1.807) is 19.1 Å². The summed E-state index contributed by atoms with van der Waals surface area (Å²) in [4.78, 5) is 12.3. The Hall–Kier alpha value is -2.39. The third kappa shape index (κ3) is 5.30. The average Bonchev–Trinajstić information content (AvgIpc) is 2.55. The highest BCUT2D eigenvalue weighted by Gasteiger charge is 2.18. The summed E-state index contributed by atoms with van der Waals surface area (Å²) in [6, 6.07) is 12.0. The summed E-state index contributed by atoms with van der Waals surface area (Å²) in [5, 5.41) is 2.61. The van der Waals surface area contributed by atoms with E-state index in [9.17, 15) is 21.6 Å². The van der Waals surface area contributed by atoms with E-state index in [1.807, 2.05) is 0 Å². The van der Waals surface area contributed by atoms with Crippen molar-refractivity contribution in [1.82, 2.24) is 0 Å². The molecule has 0 atom stereocenters. The molecule has 0 aromatic heterocycles. The topological polar surface area (TPSA) is 109 Å². The minimum Gasteiger partial charge on any atom is -0.322 e. The van der Waals surface area contributed by atoms with E-state index in [2.05, 4.69) is 10.0 Å². The monoisotopic (exact) mass is 396 g/mol. The van der Waals surface area contributed by atoms with Crippen molar-refractivity contribution in [1.29, 1.82) is 0 Å². The Morgan fingerprint density at radius 1 is 0.923 bits per heavy atom. The van der Waals surface area contributed by atoms with Gasteiger partial charge < -0.3 is 5.32 Å². The molecule has 9 heteroatoms. The second-order valence-electron chi connectivity index (χ2n) is 5.72. The van der Waals surface area contributed by atoms with Gasteiger partial charge in [-0.15, -0.1) is 0 Å². The van der Waals surface area contributed by atoms with Crippen LogP contribution in [-0.4, -0.2) is 34.8 Å². The van der Waals surface area contributed by atoms with Crippen molar-refractivity contribution in [3.63, 3.8) is 0 Å². The second kappa shape index (κ2) is 7.88. The Balaban J connectivity index is 2.17. The lowest BCUT2D eigenvalue weighted by Gasteiger charge is -2.10. The molecule has 0 radical (unpaired) electrons. The number of amides is 1. The minimum atomic E-state index is -3.54. The number of carbonyl (C=O) groups excluding carboxylic acids is 1. The van der Waals surface area contributed by atoms with Crippen molar-refractivity contribution in [2.45, 2.75) is 18.2 Å². The maximum Gasteiger partial charge on any atom is 0.256 e. The number of hydrogen-bond acceptors (Lipinski definition) is 5. The first kappa shape index (κ1) is 19.9. The molecule has 0 aliphatic rings. The zero-order valence-electron chi connectivity index (χ0n) is 14.4. The van der Waals surface area contributed by atoms with Gasteiger partial charge in [0.25, 0.3) is 5.91 Å². The highest BCUT2D eigenvalue weighted by Crippen LogP contribution is 2.19. The summed E-state index contributed by atoms with van der Waals surface area (Å²) < 4.78 is 49.5. The molecule has 0 unspecified atom stereocenters. The molecule has 0 fully saturated rings. The van der Waals surface area contributed by atoms with Gasteiger partial charge in [-0.1, -0.05) is 19.1 Å². The Morgan fingerprint density at radius 3 is 2.08 bits per heavy atom. The van der Waals surface area contributed by atoms with Gasteiger partial charge in [0.05, 0.1) is 16.2 Å². The molecule has 7 nitrogen and oxygen atoms in total. The van der Waals surface area contributed by atoms with Crippen LogP contribution in [0.2, 0.25) is 0 Å². The van der Waals surface area contributed by atoms with Crippen LogP contribution >= 0.6 is 0 Å². The zero-order chi connectivity index (χ0) is 19.4. The molecular weight excluding hydrogens is 376 g/mol. The number of carbonyl (C=O) groups is 1. The lowest BCUT2D eigenvalue weighted by atomic mass is 10.2. The minimum absolute atomic E-state index is 0.0216. The molecule has 0 saturated heterocycles. The van der Waals surface area contributed by atoms with Crippen LogP contribution in [-0.2, 0) is 19.9 Å². The number of sulfone groups is 1. The molecule has 0 bridgehead atoms. The number of hydrogen-bond donors (Lipinski definition) is 2. The predicted molar refractivity (Wildman–Crippen MR) is 102 cm³/mol. The molecule has 2 rings (SSSR count). The molecule has 2 aromatic rings. The van der Waals surface area contributed by atoms with E-state index in [4.69, 9.17) is 0 Å². The van der Waals surface area contributed by atoms with Crippen molar-refractivity contribution in [3.05, 3.63) is 54.1 Å². The Labute approximate surface area is 153 Å². The number of rotatable bonds is 7. The van der Waals surface area contributed by atoms with Gasteiger partial charge in [0.15, 0.2) is 9.84 Å². The van der Waals surface area contributed by atoms with E-state index < -0.39 is 25.8 Å². The van der Waals surface area contributed by atoms with Crippen LogP contribution < -0.4 is 10.0 Å². The summed E-state index contributed by atoms with van der Waals surface area (Å²) in [6.07, 6.45) is 1.54. The maximum atomic E-state index is 12.4. The fourth-order valence-corrected chi connectivity index (χ4v) is 4.32. The first-order valence-electron chi connectivity index (χ1n) is 7.83. The predicted octanol–water partition coefficient (Wildman–Crippen LogP) is 2.49. The van der Waals surface area contributed by atoms with Crippen LogP contribution in [0.1, 0.15) is 23.7 Å². The lowest BCUT2D eigenvalue weighted by Crippen LogP contribution is -2.17. The maximum absolute atomic E-state index is 12.4. The van der Waals surface area contributed by atoms with E-state index in [1.165, 1.54) is 36.4 Å². The van der Waals surface area contributed by atoms with Crippen LogP contribution in [0.25, 0.3) is 0 Å². The normalized spacial score (nSPS) is 11.8. The summed E-state index contributed by atoms with van der Waals surface area (Å²) in [6.45, 7) is 1.77. The fourth-order valence-electron chi connectivity index (χ4n) is 2.30. The highest BCUT2D eigenvalue weighted by atomic mass is 32.2. The SMILES string of the molecule is CCCS(=O)(=O)Nc1ccc(NC(=O)c2ccccc2S(C)(=O)=O)cc1. The molecule has 2 aromatic carbocycles. The lowest BCUT2D eigenvalue weighted by molar-refractivity contribution is 0.102. The molecule has 0 aliphatic carbocycles. The Kier molecular flexibility index (Phi) is 6.04. The van der Waals surface area contributed by atoms with E-state index in [0.29, 0.717) is 17.8 Å². The van der Waals surface area contributed by atoms with Gasteiger partial charge in [0, 0.05) is 17.6 Å². The number of sulfonamides is 1. The van der Waals surface area contributed by atoms with Gasteiger partial charge >= 0.3 is 0 Å². The quantitative estimate of drug-likeness (QED) is 0.747. The summed E-state index contributed by atoms with van der Waals surface area (Å²) in [5.74, 6) is -0.543. The van der Waals surface area contributed by atoms with E-state index in [-0.39, 0.29) is 16.2 Å². The number of nitrogens with one attached hydrogen (secondary N) is 2. The molecule has 0 aliphatic heterocycles. The van der Waals surface area contributed by atoms with Crippen molar-refractivity contribution in [2.24, 2.45) is 0 Å². The van der Waals surface area contributed by atoms with Gasteiger partial charge in [-0.25, -0.2) is 16.8 Å². The molecule has 0 saturated carbocycles. The van der Waals surface area contributed by atoms with Crippen LogP contribution in [0.3, 0.4) is 0 Å². The van der Waals surface area contributed by atoms with Gasteiger partial charge in [-0.05, 0) is 42.8 Å². The van der Waals surface area contributed by atoms with Crippen LogP contribution in [0, 0.1) is 0 Å². The third-order valence-electron chi connectivity index (χ3n) is 3.42. The number of benzene rings is 2. The van der Waals surface area contributed by atoms with Crippen LogP contribution in [0.4, 0.5) is 11.4 Å². The molecule has 0 spiro atoms. The summed E-state index contributed by atoms with van der Waals surface area (Å²) >= 11 is 0. The van der Waals surface area contributed by atoms with Crippen LogP contribution in [0.15, 0.2) is 53.4 Å². The third-order valence-corrected chi connectivity index (χ3v) is 6.07. The van der Waals surface area contributed by atoms with Crippen molar-refractivity contribution < 1.29 is 21.6 Å². The largest absolute Gasteiger partial charge is 0.322 e. The van der Waals surface area contributed by atoms with Crippen molar-refractivity contribution >= 4 is 37.1 Å². The first-order chi connectivity index (χ1) is 12.1. The Morgan fingerprint density at radius 2 is 1.50 bits per heavy atom. The van der Waals surface area contributed by atoms with E-state index >= 15 is 0 Å². The fraction of sp³-hybridized carbons (Fsp3) is 0.235. The van der Waals surface area contributed by atoms with Gasteiger partial charge in [0.2, 0.25) is 10.0 Å². The second-order valence-corrected chi connectivity index (χ2v) is 9.55. The first-order valence-corrected chi connectivity index (χ1v) is 11.4. The van der Waals surface area contributed by atoms with E-state index in [0.717, 1.165) is 6.26 Å². The van der Waals surface area contributed by atoms with Crippen LogP contribution in [0.5, 0.6) is 0 Å². The van der Waals surface area contributed by atoms with Gasteiger partial charge in [0.1, 0.15) is 0 Å². The molecule has 2 N–H and O–H groups in total. The Bertz CT molecular complexity index is 998. The zero-order valence-corrected chi connectivity index (χ0v) is 16.0. The molecular formula is C17H20N2O5S2. The average molecular weight is 396 g/mol. The molecule has 26 heavy (non-hydrogen) atoms. The standard InChI is InChI=1S/C17H20N2O5S2/c1-3-12-26(23,24)19-14-10-8-13(9-11-14)18-17(20)15-6-4-5-7-16(15)25(2,21)22/h4-11,19H,3,12H2,1-2H3,(H,18,20). The van der Waals surface area contributed by atoms with Gasteiger partial charge in [-0.2, -0.15) is 0 Å². The summed E-state index contributed by atoms with van der Waals surface area (Å²) in [5.41, 5.74) is 0.840.